The van der Waals surface area contributed by atoms with Crippen LogP contribution in [0.3, 0.4) is 0 Å². The average molecular weight is 271 g/mol. The van der Waals surface area contributed by atoms with Gasteiger partial charge in [0, 0.05) is 11.4 Å². The average Bonchev–Trinajstić information content (AvgIpc) is 2.23. The zero-order chi connectivity index (χ0) is 10.7. The second kappa shape index (κ2) is 5.31. The number of alkyl halides is 1. The number of hydrogen-bond acceptors (Lipinski definition) is 1. The van der Waals surface area contributed by atoms with Crippen molar-refractivity contribution in [3.63, 3.8) is 0 Å². The van der Waals surface area contributed by atoms with Gasteiger partial charge in [0.2, 0.25) is 0 Å². The fourth-order valence-corrected chi connectivity index (χ4v) is 2.91. The van der Waals surface area contributed by atoms with Gasteiger partial charge in [0.15, 0.2) is 0 Å². The quantitative estimate of drug-likeness (QED) is 0.708. The largest absolute Gasteiger partial charge is 0.378 e. The summed E-state index contributed by atoms with van der Waals surface area (Å²) in [5.41, 5.74) is 0. The first-order valence-electron chi connectivity index (χ1n) is 5.92. The molecule has 1 heterocycles. The highest BCUT2D eigenvalue weighted by Crippen LogP contribution is 2.34. The summed E-state index contributed by atoms with van der Waals surface area (Å²) in [6, 6.07) is 0. The van der Waals surface area contributed by atoms with Crippen LogP contribution < -0.4 is 0 Å². The van der Waals surface area contributed by atoms with E-state index in [1.54, 1.807) is 0 Å². The second-order valence-corrected chi connectivity index (χ2v) is 5.63. The van der Waals surface area contributed by atoms with Gasteiger partial charge >= 0.3 is 0 Å². The Balaban J connectivity index is 1.94. The zero-order valence-corrected chi connectivity index (χ0v) is 10.8. The van der Waals surface area contributed by atoms with Gasteiger partial charge in [0.1, 0.15) is 0 Å². The molecule has 2 aliphatic rings. The van der Waals surface area contributed by atoms with Gasteiger partial charge in [-0.05, 0) is 31.1 Å². The van der Waals surface area contributed by atoms with E-state index in [0.29, 0.717) is 22.8 Å². The van der Waals surface area contributed by atoms with Crippen LogP contribution in [0.15, 0.2) is 24.3 Å². The SMILES string of the molecule is CC[C@H](Br)C1C=CC=CC1C[C@H]1CCO1. The maximum absolute atomic E-state index is 5.52. The second-order valence-electron chi connectivity index (χ2n) is 4.45. The Hall–Kier alpha value is -0.0800. The van der Waals surface area contributed by atoms with Gasteiger partial charge in [0.05, 0.1) is 6.10 Å². The first-order chi connectivity index (χ1) is 7.31. The van der Waals surface area contributed by atoms with E-state index in [0.717, 1.165) is 6.61 Å². The smallest absolute Gasteiger partial charge is 0.0602 e. The summed E-state index contributed by atoms with van der Waals surface area (Å²) in [5, 5.41) is 0. The summed E-state index contributed by atoms with van der Waals surface area (Å²) >= 11 is 3.78. The zero-order valence-electron chi connectivity index (χ0n) is 9.23. The van der Waals surface area contributed by atoms with Crippen molar-refractivity contribution in [1.29, 1.82) is 0 Å². The maximum atomic E-state index is 5.52. The molecule has 0 aromatic heterocycles. The van der Waals surface area contributed by atoms with Crippen LogP contribution in [0.4, 0.5) is 0 Å². The van der Waals surface area contributed by atoms with Crippen molar-refractivity contribution >= 4 is 15.9 Å². The van der Waals surface area contributed by atoms with Crippen molar-refractivity contribution < 1.29 is 4.74 Å². The molecule has 15 heavy (non-hydrogen) atoms. The van der Waals surface area contributed by atoms with Crippen molar-refractivity contribution in [2.24, 2.45) is 11.8 Å². The van der Waals surface area contributed by atoms with E-state index in [4.69, 9.17) is 4.74 Å². The molecule has 1 nitrogen and oxygen atoms in total. The number of rotatable bonds is 4. The lowest BCUT2D eigenvalue weighted by Crippen LogP contribution is -2.32. The van der Waals surface area contributed by atoms with E-state index in [9.17, 15) is 0 Å². The third kappa shape index (κ3) is 2.73. The lowest BCUT2D eigenvalue weighted by atomic mass is 9.81. The third-order valence-corrected chi connectivity index (χ3v) is 4.69. The molecular weight excluding hydrogens is 252 g/mol. The number of hydrogen-bond donors (Lipinski definition) is 0. The van der Waals surface area contributed by atoms with Crippen LogP contribution in [0.25, 0.3) is 0 Å². The molecule has 1 aliphatic heterocycles. The van der Waals surface area contributed by atoms with Crippen LogP contribution in [0.1, 0.15) is 26.2 Å². The summed E-state index contributed by atoms with van der Waals surface area (Å²) in [4.78, 5) is 0.601. The van der Waals surface area contributed by atoms with Gasteiger partial charge in [-0.3, -0.25) is 0 Å². The predicted octanol–water partition coefficient (Wildman–Crippen LogP) is 3.70. The molecule has 0 bridgehead atoms. The van der Waals surface area contributed by atoms with Crippen molar-refractivity contribution in [2.45, 2.75) is 37.1 Å². The Labute approximate surface area is 101 Å². The molecular formula is C13H19BrO. The van der Waals surface area contributed by atoms with E-state index in [1.165, 1.54) is 19.3 Å². The topological polar surface area (TPSA) is 9.23 Å². The Morgan fingerprint density at radius 1 is 1.40 bits per heavy atom. The van der Waals surface area contributed by atoms with E-state index >= 15 is 0 Å². The van der Waals surface area contributed by atoms with E-state index < -0.39 is 0 Å². The molecule has 84 valence electrons. The normalized spacial score (nSPS) is 36.3. The molecule has 0 aromatic carbocycles. The van der Waals surface area contributed by atoms with Gasteiger partial charge in [-0.15, -0.1) is 0 Å². The van der Waals surface area contributed by atoms with Gasteiger partial charge in [-0.1, -0.05) is 47.2 Å². The summed E-state index contributed by atoms with van der Waals surface area (Å²) in [7, 11) is 0. The van der Waals surface area contributed by atoms with Crippen LogP contribution in [-0.4, -0.2) is 17.5 Å². The number of ether oxygens (including phenoxy) is 1. The Morgan fingerprint density at radius 3 is 2.73 bits per heavy atom. The Kier molecular flexibility index (Phi) is 4.04. The minimum Gasteiger partial charge on any atom is -0.378 e. The predicted molar refractivity (Wildman–Crippen MR) is 67.2 cm³/mol. The highest BCUT2D eigenvalue weighted by molar-refractivity contribution is 9.09. The Morgan fingerprint density at radius 2 is 2.13 bits per heavy atom. The molecule has 4 atom stereocenters. The van der Waals surface area contributed by atoms with E-state index in [-0.39, 0.29) is 0 Å². The van der Waals surface area contributed by atoms with Crippen LogP contribution in [0.5, 0.6) is 0 Å². The minimum atomic E-state index is 0.519. The molecule has 2 heteroatoms. The molecule has 0 N–H and O–H groups in total. The lowest BCUT2D eigenvalue weighted by Gasteiger charge is -2.34. The van der Waals surface area contributed by atoms with Crippen LogP contribution in [0.2, 0.25) is 0 Å². The summed E-state index contributed by atoms with van der Waals surface area (Å²) < 4.78 is 5.52. The number of halogens is 1. The van der Waals surface area contributed by atoms with Gasteiger partial charge in [0.25, 0.3) is 0 Å². The van der Waals surface area contributed by atoms with E-state index in [2.05, 4.69) is 47.2 Å². The van der Waals surface area contributed by atoms with E-state index in [1.807, 2.05) is 0 Å². The van der Waals surface area contributed by atoms with Crippen molar-refractivity contribution in [2.75, 3.05) is 6.61 Å². The van der Waals surface area contributed by atoms with Crippen molar-refractivity contribution in [3.8, 4) is 0 Å². The molecule has 1 fully saturated rings. The van der Waals surface area contributed by atoms with Gasteiger partial charge < -0.3 is 4.74 Å². The molecule has 0 saturated carbocycles. The molecule has 1 aliphatic carbocycles. The number of allylic oxidation sites excluding steroid dienone is 4. The molecule has 0 spiro atoms. The molecule has 2 rings (SSSR count). The monoisotopic (exact) mass is 270 g/mol. The third-order valence-electron chi connectivity index (χ3n) is 3.43. The minimum absolute atomic E-state index is 0.519. The molecule has 0 amide bonds. The molecule has 0 aromatic rings. The summed E-state index contributed by atoms with van der Waals surface area (Å²) in [6.45, 7) is 3.20. The molecule has 0 radical (unpaired) electrons. The lowest BCUT2D eigenvalue weighted by molar-refractivity contribution is -0.0621. The highest BCUT2D eigenvalue weighted by Gasteiger charge is 2.29. The van der Waals surface area contributed by atoms with Crippen molar-refractivity contribution in [3.05, 3.63) is 24.3 Å². The van der Waals surface area contributed by atoms with Gasteiger partial charge in [-0.25, -0.2) is 0 Å². The first kappa shape index (κ1) is 11.4. The Bertz CT molecular complexity index is 255. The van der Waals surface area contributed by atoms with Crippen LogP contribution in [-0.2, 0) is 4.74 Å². The fourth-order valence-electron chi connectivity index (χ4n) is 2.34. The maximum Gasteiger partial charge on any atom is 0.0602 e. The van der Waals surface area contributed by atoms with Crippen LogP contribution >= 0.6 is 15.9 Å². The summed E-state index contributed by atoms with van der Waals surface area (Å²) in [5.74, 6) is 1.30. The first-order valence-corrected chi connectivity index (χ1v) is 6.83. The standard InChI is InChI=1S/C13H19BrO/c1-2-13(14)12-6-4-3-5-10(12)9-11-7-8-15-11/h3-6,10-13H,2,7-9H2,1H3/t10?,11-,12?,13+/m1/s1. The van der Waals surface area contributed by atoms with Crippen molar-refractivity contribution in [1.82, 2.24) is 0 Å². The molecule has 2 unspecified atom stereocenters. The molecule has 1 saturated heterocycles. The summed E-state index contributed by atoms with van der Waals surface area (Å²) in [6.07, 6.45) is 13.2. The fraction of sp³-hybridized carbons (Fsp3) is 0.692. The highest BCUT2D eigenvalue weighted by atomic mass is 79.9. The van der Waals surface area contributed by atoms with Crippen LogP contribution in [0, 0.1) is 11.8 Å². The van der Waals surface area contributed by atoms with Gasteiger partial charge in [-0.2, -0.15) is 0 Å².